The van der Waals surface area contributed by atoms with Crippen molar-refractivity contribution >= 4 is 21.7 Å². The van der Waals surface area contributed by atoms with Crippen molar-refractivity contribution in [3.05, 3.63) is 33.3 Å². The molecule has 0 fully saturated rings. The van der Waals surface area contributed by atoms with Crippen LogP contribution in [-0.2, 0) is 0 Å². The van der Waals surface area contributed by atoms with Gasteiger partial charge in [-0.2, -0.15) is 13.2 Å². The van der Waals surface area contributed by atoms with Gasteiger partial charge in [-0.05, 0) is 43.5 Å². The fourth-order valence-electron chi connectivity index (χ4n) is 1.70. The van der Waals surface area contributed by atoms with Crippen LogP contribution in [0.4, 0.5) is 13.2 Å². The van der Waals surface area contributed by atoms with Gasteiger partial charge < -0.3 is 0 Å². The van der Waals surface area contributed by atoms with Crippen LogP contribution in [0.1, 0.15) is 40.7 Å². The van der Waals surface area contributed by atoms with E-state index in [1.165, 1.54) is 0 Å². The van der Waals surface area contributed by atoms with E-state index in [4.69, 9.17) is 0 Å². The highest BCUT2D eigenvalue weighted by Crippen LogP contribution is 2.25. The molecule has 0 amide bonds. The van der Waals surface area contributed by atoms with E-state index in [1.54, 1.807) is 12.1 Å². The van der Waals surface area contributed by atoms with Crippen molar-refractivity contribution in [3.8, 4) is 0 Å². The van der Waals surface area contributed by atoms with Crippen molar-refractivity contribution in [2.75, 3.05) is 0 Å². The average molecular weight is 323 g/mol. The maximum atomic E-state index is 12.0. The number of alkyl halides is 3. The first-order valence-electron chi connectivity index (χ1n) is 5.57. The third-order valence-electron chi connectivity index (χ3n) is 2.62. The Bertz CT molecular complexity index is 429. The summed E-state index contributed by atoms with van der Waals surface area (Å²) in [6.07, 6.45) is -5.32. The van der Waals surface area contributed by atoms with Crippen LogP contribution in [0.2, 0.25) is 0 Å². The molecule has 1 nitrogen and oxygen atoms in total. The molecular formula is C13H14BrF3O. The number of carbonyl (C=O) groups excluding carboxylic acids is 1. The van der Waals surface area contributed by atoms with Crippen LogP contribution in [0.25, 0.3) is 0 Å². The van der Waals surface area contributed by atoms with Crippen LogP contribution in [0.15, 0.2) is 16.6 Å². The number of rotatable bonds is 4. The first kappa shape index (κ1) is 15.2. The first-order valence-corrected chi connectivity index (χ1v) is 6.36. The molecule has 0 spiro atoms. The lowest BCUT2D eigenvalue weighted by atomic mass is 10.0. The van der Waals surface area contributed by atoms with Gasteiger partial charge in [0, 0.05) is 22.9 Å². The summed E-state index contributed by atoms with van der Waals surface area (Å²) in [6, 6.07) is 3.40. The van der Waals surface area contributed by atoms with Crippen LogP contribution in [-0.4, -0.2) is 12.0 Å². The molecule has 1 aromatic rings. The van der Waals surface area contributed by atoms with Gasteiger partial charge in [-0.1, -0.05) is 15.9 Å². The van der Waals surface area contributed by atoms with Crippen LogP contribution >= 0.6 is 15.9 Å². The number of benzene rings is 1. The van der Waals surface area contributed by atoms with Crippen LogP contribution in [0, 0.1) is 13.8 Å². The third kappa shape index (κ3) is 4.44. The van der Waals surface area contributed by atoms with Crippen molar-refractivity contribution < 1.29 is 18.0 Å². The van der Waals surface area contributed by atoms with Crippen LogP contribution < -0.4 is 0 Å². The SMILES string of the molecule is Cc1cc(C(=O)CCCC(F)(F)F)cc(C)c1Br. The number of carbonyl (C=O) groups is 1. The normalized spacial score (nSPS) is 11.7. The van der Waals surface area contributed by atoms with Crippen molar-refractivity contribution in [1.29, 1.82) is 0 Å². The van der Waals surface area contributed by atoms with Gasteiger partial charge in [0.15, 0.2) is 5.78 Å². The summed E-state index contributed by atoms with van der Waals surface area (Å²) in [5, 5.41) is 0. The summed E-state index contributed by atoms with van der Waals surface area (Å²) in [5.41, 5.74) is 2.30. The molecule has 0 aliphatic carbocycles. The van der Waals surface area contributed by atoms with Crippen molar-refractivity contribution in [1.82, 2.24) is 0 Å². The molecule has 0 radical (unpaired) electrons. The predicted molar refractivity (Wildman–Crippen MR) is 67.9 cm³/mol. The second kappa shape index (κ2) is 5.87. The summed E-state index contributed by atoms with van der Waals surface area (Å²) >= 11 is 3.38. The molecule has 100 valence electrons. The van der Waals surface area contributed by atoms with E-state index in [2.05, 4.69) is 15.9 Å². The quantitative estimate of drug-likeness (QED) is 0.714. The zero-order chi connectivity index (χ0) is 13.9. The fourth-order valence-corrected chi connectivity index (χ4v) is 1.93. The molecule has 0 bridgehead atoms. The number of Topliss-reactive ketones (excluding diaryl/α,β-unsaturated/α-hetero) is 1. The Kier molecular flexibility index (Phi) is 4.96. The van der Waals surface area contributed by atoms with Crippen LogP contribution in [0.5, 0.6) is 0 Å². The summed E-state index contributed by atoms with van der Waals surface area (Å²) in [4.78, 5) is 11.8. The zero-order valence-corrected chi connectivity index (χ0v) is 11.8. The Hall–Kier alpha value is -0.840. The van der Waals surface area contributed by atoms with E-state index in [0.717, 1.165) is 15.6 Å². The van der Waals surface area contributed by atoms with E-state index in [0.29, 0.717) is 5.56 Å². The maximum Gasteiger partial charge on any atom is 0.389 e. The Balaban J connectivity index is 2.68. The van der Waals surface area contributed by atoms with E-state index in [-0.39, 0.29) is 18.6 Å². The largest absolute Gasteiger partial charge is 0.389 e. The highest BCUT2D eigenvalue weighted by Gasteiger charge is 2.26. The molecule has 0 saturated heterocycles. The standard InChI is InChI=1S/C13H14BrF3O/c1-8-6-10(7-9(2)12(8)14)11(18)4-3-5-13(15,16)17/h6-7H,3-5H2,1-2H3. The number of ketones is 1. The Morgan fingerprint density at radius 2 is 1.72 bits per heavy atom. The first-order chi connectivity index (χ1) is 8.20. The van der Waals surface area contributed by atoms with Gasteiger partial charge in [0.05, 0.1) is 0 Å². The van der Waals surface area contributed by atoms with Crippen LogP contribution in [0.3, 0.4) is 0 Å². The molecule has 1 aromatic carbocycles. The number of halogens is 4. The topological polar surface area (TPSA) is 17.1 Å². The highest BCUT2D eigenvalue weighted by molar-refractivity contribution is 9.10. The summed E-state index contributed by atoms with van der Waals surface area (Å²) < 4.78 is 36.8. The van der Waals surface area contributed by atoms with Gasteiger partial charge in [-0.3, -0.25) is 4.79 Å². The van der Waals surface area contributed by atoms with Crippen molar-refractivity contribution in [3.63, 3.8) is 0 Å². The van der Waals surface area contributed by atoms with Gasteiger partial charge in [0.25, 0.3) is 0 Å². The minimum Gasteiger partial charge on any atom is -0.294 e. The summed E-state index contributed by atoms with van der Waals surface area (Å²) in [7, 11) is 0. The molecule has 18 heavy (non-hydrogen) atoms. The molecule has 0 N–H and O–H groups in total. The zero-order valence-electron chi connectivity index (χ0n) is 10.2. The smallest absolute Gasteiger partial charge is 0.294 e. The van der Waals surface area contributed by atoms with Gasteiger partial charge in [0.2, 0.25) is 0 Å². The lowest BCUT2D eigenvalue weighted by Crippen LogP contribution is -2.08. The maximum absolute atomic E-state index is 12.0. The molecule has 0 atom stereocenters. The van der Waals surface area contributed by atoms with E-state index >= 15 is 0 Å². The van der Waals surface area contributed by atoms with Crippen molar-refractivity contribution in [2.45, 2.75) is 39.3 Å². The Labute approximate surface area is 113 Å². The highest BCUT2D eigenvalue weighted by atomic mass is 79.9. The third-order valence-corrected chi connectivity index (χ3v) is 3.87. The molecule has 1 rings (SSSR count). The van der Waals surface area contributed by atoms with E-state index < -0.39 is 12.6 Å². The molecule has 0 aromatic heterocycles. The molecule has 0 heterocycles. The molecule has 0 saturated carbocycles. The lowest BCUT2D eigenvalue weighted by molar-refractivity contribution is -0.135. The number of hydrogen-bond acceptors (Lipinski definition) is 1. The molecule has 0 aliphatic heterocycles. The predicted octanol–water partition coefficient (Wildman–Crippen LogP) is 4.98. The minimum absolute atomic E-state index is 0.0694. The number of aryl methyl sites for hydroxylation is 2. The van der Waals surface area contributed by atoms with Gasteiger partial charge in [0.1, 0.15) is 0 Å². The number of hydrogen-bond donors (Lipinski definition) is 0. The second-order valence-corrected chi connectivity index (χ2v) is 5.11. The molecule has 5 heteroatoms. The minimum atomic E-state index is -4.19. The Morgan fingerprint density at radius 1 is 1.22 bits per heavy atom. The Morgan fingerprint density at radius 3 is 2.17 bits per heavy atom. The summed E-state index contributed by atoms with van der Waals surface area (Å²) in [5.74, 6) is -0.238. The average Bonchev–Trinajstić information content (AvgIpc) is 2.23. The molecular weight excluding hydrogens is 309 g/mol. The monoisotopic (exact) mass is 322 g/mol. The van der Waals surface area contributed by atoms with Crippen molar-refractivity contribution in [2.24, 2.45) is 0 Å². The second-order valence-electron chi connectivity index (χ2n) is 4.32. The fraction of sp³-hybridized carbons (Fsp3) is 0.462. The van der Waals surface area contributed by atoms with E-state index in [1.807, 2.05) is 13.8 Å². The molecule has 0 unspecified atom stereocenters. The lowest BCUT2D eigenvalue weighted by Gasteiger charge is -2.08. The van der Waals surface area contributed by atoms with Gasteiger partial charge in [-0.15, -0.1) is 0 Å². The van der Waals surface area contributed by atoms with Gasteiger partial charge in [-0.25, -0.2) is 0 Å². The van der Waals surface area contributed by atoms with Gasteiger partial charge >= 0.3 is 6.18 Å². The molecule has 0 aliphatic rings. The van der Waals surface area contributed by atoms with E-state index in [9.17, 15) is 18.0 Å². The summed E-state index contributed by atoms with van der Waals surface area (Å²) in [6.45, 7) is 3.70.